The summed E-state index contributed by atoms with van der Waals surface area (Å²) in [7, 11) is 0. The van der Waals surface area contributed by atoms with Crippen LogP contribution in [0, 0.1) is 17.3 Å². The van der Waals surface area contributed by atoms with Crippen molar-refractivity contribution in [2.75, 3.05) is 6.54 Å². The lowest BCUT2D eigenvalue weighted by molar-refractivity contribution is 0.205. The first-order valence-electron chi connectivity index (χ1n) is 7.71. The van der Waals surface area contributed by atoms with E-state index in [2.05, 4.69) is 81.6 Å². The SMILES string of the molecule is CC=CC(C)(C(C)C)C1CC=CC=C1C1=CC=CCN1. The topological polar surface area (TPSA) is 12.0 Å². The van der Waals surface area contributed by atoms with Gasteiger partial charge in [0.1, 0.15) is 0 Å². The maximum atomic E-state index is 3.52. The van der Waals surface area contributed by atoms with E-state index in [0.717, 1.165) is 13.0 Å². The minimum atomic E-state index is 0.190. The van der Waals surface area contributed by atoms with E-state index >= 15 is 0 Å². The summed E-state index contributed by atoms with van der Waals surface area (Å²) >= 11 is 0. The van der Waals surface area contributed by atoms with Crippen LogP contribution in [0.2, 0.25) is 0 Å². The van der Waals surface area contributed by atoms with Crippen molar-refractivity contribution in [2.45, 2.75) is 34.1 Å². The Morgan fingerprint density at radius 3 is 2.60 bits per heavy atom. The van der Waals surface area contributed by atoms with Crippen molar-refractivity contribution in [3.63, 3.8) is 0 Å². The van der Waals surface area contributed by atoms with Crippen LogP contribution in [0.4, 0.5) is 0 Å². The van der Waals surface area contributed by atoms with Gasteiger partial charge in [0, 0.05) is 12.2 Å². The summed E-state index contributed by atoms with van der Waals surface area (Å²) in [5, 5.41) is 3.52. The van der Waals surface area contributed by atoms with Gasteiger partial charge in [-0.1, -0.05) is 63.3 Å². The molecule has 0 radical (unpaired) electrons. The van der Waals surface area contributed by atoms with Crippen molar-refractivity contribution in [3.8, 4) is 0 Å². The molecule has 1 nitrogen and oxygen atoms in total. The normalized spacial score (nSPS) is 25.4. The molecule has 1 aliphatic carbocycles. The molecule has 0 amide bonds. The molecule has 2 rings (SSSR count). The highest BCUT2D eigenvalue weighted by Gasteiger charge is 2.37. The fourth-order valence-corrected chi connectivity index (χ4v) is 3.22. The molecule has 1 heteroatoms. The third-order valence-corrected chi connectivity index (χ3v) is 4.80. The molecule has 0 aromatic heterocycles. The maximum Gasteiger partial charge on any atom is 0.0378 e. The van der Waals surface area contributed by atoms with E-state index in [1.54, 1.807) is 0 Å². The number of allylic oxidation sites excluding steroid dienone is 8. The van der Waals surface area contributed by atoms with Gasteiger partial charge in [-0.05, 0) is 42.2 Å². The van der Waals surface area contributed by atoms with Gasteiger partial charge in [0.05, 0.1) is 0 Å². The Morgan fingerprint density at radius 2 is 2.00 bits per heavy atom. The fourth-order valence-electron chi connectivity index (χ4n) is 3.22. The number of rotatable bonds is 4. The van der Waals surface area contributed by atoms with E-state index < -0.39 is 0 Å². The van der Waals surface area contributed by atoms with Crippen LogP contribution in [-0.4, -0.2) is 6.54 Å². The second kappa shape index (κ2) is 6.30. The van der Waals surface area contributed by atoms with E-state index in [4.69, 9.17) is 0 Å². The van der Waals surface area contributed by atoms with E-state index in [0.29, 0.717) is 11.8 Å². The largest absolute Gasteiger partial charge is 0.381 e. The average molecular weight is 269 g/mol. The summed E-state index contributed by atoms with van der Waals surface area (Å²) in [6.07, 6.45) is 19.0. The van der Waals surface area contributed by atoms with Crippen LogP contribution in [0.3, 0.4) is 0 Å². The summed E-state index contributed by atoms with van der Waals surface area (Å²) in [4.78, 5) is 0. The first kappa shape index (κ1) is 14.9. The van der Waals surface area contributed by atoms with Gasteiger partial charge in [-0.15, -0.1) is 0 Å². The average Bonchev–Trinajstić information content (AvgIpc) is 2.48. The van der Waals surface area contributed by atoms with Crippen molar-refractivity contribution in [1.29, 1.82) is 0 Å². The second-order valence-corrected chi connectivity index (χ2v) is 6.25. The van der Waals surface area contributed by atoms with Crippen LogP contribution in [0.1, 0.15) is 34.1 Å². The Hall–Kier alpha value is -1.50. The molecule has 1 aliphatic heterocycles. The van der Waals surface area contributed by atoms with Gasteiger partial charge in [0.25, 0.3) is 0 Å². The third-order valence-electron chi connectivity index (χ3n) is 4.80. The summed E-state index contributed by atoms with van der Waals surface area (Å²) < 4.78 is 0. The number of nitrogens with one attached hydrogen (secondary N) is 1. The molecule has 2 unspecified atom stereocenters. The molecule has 0 fully saturated rings. The highest BCUT2D eigenvalue weighted by atomic mass is 14.9. The van der Waals surface area contributed by atoms with E-state index in [-0.39, 0.29) is 5.41 Å². The summed E-state index contributed by atoms with van der Waals surface area (Å²) in [5.41, 5.74) is 2.93. The first-order valence-corrected chi connectivity index (χ1v) is 7.71. The quantitative estimate of drug-likeness (QED) is 0.725. The first-order chi connectivity index (χ1) is 9.59. The zero-order valence-electron chi connectivity index (χ0n) is 13.2. The van der Waals surface area contributed by atoms with Crippen LogP contribution in [0.15, 0.2) is 59.9 Å². The van der Waals surface area contributed by atoms with Gasteiger partial charge >= 0.3 is 0 Å². The molecule has 1 N–H and O–H groups in total. The third kappa shape index (κ3) is 2.82. The molecule has 108 valence electrons. The summed E-state index contributed by atoms with van der Waals surface area (Å²) in [5.74, 6) is 1.15. The number of hydrogen-bond donors (Lipinski definition) is 1. The number of dihydropyridines is 1. The summed E-state index contributed by atoms with van der Waals surface area (Å²) in [6.45, 7) is 10.1. The molecule has 0 aromatic rings. The van der Waals surface area contributed by atoms with Crippen molar-refractivity contribution in [3.05, 3.63) is 59.9 Å². The predicted octanol–water partition coefficient (Wildman–Crippen LogP) is 4.77. The molecular formula is C19H27N. The van der Waals surface area contributed by atoms with E-state index in [1.807, 2.05) is 0 Å². The monoisotopic (exact) mass is 269 g/mol. The van der Waals surface area contributed by atoms with Gasteiger partial charge < -0.3 is 5.32 Å². The standard InChI is InChI=1S/C19H27N/c1-5-13-19(4,15(2)3)17-11-7-6-10-16(17)18-12-8-9-14-20-18/h5-10,12-13,15,17,20H,11,14H2,1-4H3. The Bertz CT molecular complexity index is 488. The molecule has 0 saturated carbocycles. The summed E-state index contributed by atoms with van der Waals surface area (Å²) in [6, 6.07) is 0. The molecule has 2 aliphatic rings. The molecular weight excluding hydrogens is 242 g/mol. The molecule has 2 atom stereocenters. The van der Waals surface area contributed by atoms with Crippen molar-refractivity contribution in [1.82, 2.24) is 5.32 Å². The van der Waals surface area contributed by atoms with Gasteiger partial charge in [-0.3, -0.25) is 0 Å². The Morgan fingerprint density at radius 1 is 1.25 bits per heavy atom. The Kier molecular flexibility index (Phi) is 4.69. The second-order valence-electron chi connectivity index (χ2n) is 6.25. The number of hydrogen-bond acceptors (Lipinski definition) is 1. The maximum absolute atomic E-state index is 3.52. The minimum absolute atomic E-state index is 0.190. The van der Waals surface area contributed by atoms with Crippen molar-refractivity contribution < 1.29 is 0 Å². The molecule has 1 heterocycles. The fraction of sp³-hybridized carbons (Fsp3) is 0.474. The van der Waals surface area contributed by atoms with Gasteiger partial charge in [0.2, 0.25) is 0 Å². The predicted molar refractivity (Wildman–Crippen MR) is 88.3 cm³/mol. The lowest BCUT2D eigenvalue weighted by Crippen LogP contribution is -2.35. The molecule has 0 aromatic carbocycles. The van der Waals surface area contributed by atoms with Gasteiger partial charge in [-0.25, -0.2) is 0 Å². The zero-order chi connectivity index (χ0) is 14.6. The molecule has 0 bridgehead atoms. The van der Waals surface area contributed by atoms with Crippen LogP contribution in [0.5, 0.6) is 0 Å². The van der Waals surface area contributed by atoms with Gasteiger partial charge in [0.15, 0.2) is 0 Å². The van der Waals surface area contributed by atoms with Gasteiger partial charge in [-0.2, -0.15) is 0 Å². The smallest absolute Gasteiger partial charge is 0.0378 e. The van der Waals surface area contributed by atoms with Crippen LogP contribution >= 0.6 is 0 Å². The van der Waals surface area contributed by atoms with Crippen LogP contribution in [-0.2, 0) is 0 Å². The molecule has 20 heavy (non-hydrogen) atoms. The molecule has 0 saturated heterocycles. The Labute approximate surface area is 123 Å². The van der Waals surface area contributed by atoms with Crippen LogP contribution in [0.25, 0.3) is 0 Å². The van der Waals surface area contributed by atoms with Crippen molar-refractivity contribution in [2.24, 2.45) is 17.3 Å². The highest BCUT2D eigenvalue weighted by molar-refractivity contribution is 5.42. The van der Waals surface area contributed by atoms with Crippen LogP contribution < -0.4 is 5.32 Å². The minimum Gasteiger partial charge on any atom is -0.381 e. The van der Waals surface area contributed by atoms with E-state index in [9.17, 15) is 0 Å². The molecule has 0 spiro atoms. The lowest BCUT2D eigenvalue weighted by atomic mass is 9.63. The Balaban J connectivity index is 2.38. The lowest BCUT2D eigenvalue weighted by Gasteiger charge is -2.42. The van der Waals surface area contributed by atoms with Crippen molar-refractivity contribution >= 4 is 0 Å². The highest BCUT2D eigenvalue weighted by Crippen LogP contribution is 2.46. The van der Waals surface area contributed by atoms with E-state index in [1.165, 1.54) is 11.3 Å². The zero-order valence-corrected chi connectivity index (χ0v) is 13.2.